The van der Waals surface area contributed by atoms with Crippen LogP contribution in [0.2, 0.25) is 0 Å². The Morgan fingerprint density at radius 2 is 2.05 bits per heavy atom. The van der Waals surface area contributed by atoms with Gasteiger partial charge in [0, 0.05) is 18.1 Å². The van der Waals surface area contributed by atoms with Gasteiger partial charge in [-0.25, -0.2) is 9.97 Å². The molecule has 3 aromatic rings. The van der Waals surface area contributed by atoms with Crippen molar-refractivity contribution >= 4 is 16.7 Å². The molecule has 0 aliphatic carbocycles. The molecule has 3 N–H and O–H groups in total. The van der Waals surface area contributed by atoms with E-state index in [0.29, 0.717) is 16.8 Å². The highest BCUT2D eigenvalue weighted by Gasteiger charge is 2.06. The first kappa shape index (κ1) is 11.3. The summed E-state index contributed by atoms with van der Waals surface area (Å²) < 4.78 is 0. The van der Waals surface area contributed by atoms with E-state index in [1.807, 2.05) is 19.1 Å². The number of nitrogen functional groups attached to an aromatic ring is 1. The van der Waals surface area contributed by atoms with Crippen molar-refractivity contribution in [3.8, 4) is 11.4 Å². The van der Waals surface area contributed by atoms with Gasteiger partial charge in [0.15, 0.2) is 0 Å². The number of pyridine rings is 2. The van der Waals surface area contributed by atoms with Crippen molar-refractivity contribution < 1.29 is 0 Å². The van der Waals surface area contributed by atoms with Crippen molar-refractivity contribution in [1.29, 1.82) is 0 Å². The van der Waals surface area contributed by atoms with Crippen molar-refractivity contribution in [1.82, 2.24) is 19.9 Å². The fraction of sp³-hybridized carbons (Fsp3) is 0.0769. The van der Waals surface area contributed by atoms with Crippen molar-refractivity contribution in [3.05, 3.63) is 46.6 Å². The number of anilines is 1. The standard InChI is InChI=1S/C13H11N5O/c1-7-4-11(18-13(14)17-7)10-5-8-2-3-15-12(19)9(8)6-16-10/h2-6H,1H3,(H,15,19)(H2,14,17,18). The Morgan fingerprint density at radius 1 is 1.21 bits per heavy atom. The monoisotopic (exact) mass is 253 g/mol. The Balaban J connectivity index is 2.23. The molecule has 19 heavy (non-hydrogen) atoms. The number of rotatable bonds is 1. The highest BCUT2D eigenvalue weighted by atomic mass is 16.1. The van der Waals surface area contributed by atoms with Crippen LogP contribution < -0.4 is 11.3 Å². The Bertz CT molecular complexity index is 804. The topological polar surface area (TPSA) is 97.5 Å². The Kier molecular flexibility index (Phi) is 2.49. The van der Waals surface area contributed by atoms with Crippen LogP contribution in [-0.2, 0) is 0 Å². The Hall–Kier alpha value is -2.76. The minimum Gasteiger partial charge on any atom is -0.368 e. The van der Waals surface area contributed by atoms with Crippen molar-refractivity contribution in [2.75, 3.05) is 5.73 Å². The lowest BCUT2D eigenvalue weighted by molar-refractivity contribution is 1.11. The summed E-state index contributed by atoms with van der Waals surface area (Å²) in [6.07, 6.45) is 3.14. The van der Waals surface area contributed by atoms with E-state index in [4.69, 9.17) is 5.73 Å². The van der Waals surface area contributed by atoms with Crippen LogP contribution in [0.4, 0.5) is 5.95 Å². The first-order valence-corrected chi connectivity index (χ1v) is 5.72. The first-order chi connectivity index (χ1) is 9.13. The van der Waals surface area contributed by atoms with Gasteiger partial charge in [-0.3, -0.25) is 9.78 Å². The maximum Gasteiger partial charge on any atom is 0.257 e. The summed E-state index contributed by atoms with van der Waals surface area (Å²) in [7, 11) is 0. The summed E-state index contributed by atoms with van der Waals surface area (Å²) in [6.45, 7) is 1.84. The number of hydrogen-bond donors (Lipinski definition) is 2. The van der Waals surface area contributed by atoms with Crippen LogP contribution in [0.1, 0.15) is 5.69 Å². The average molecular weight is 253 g/mol. The zero-order valence-corrected chi connectivity index (χ0v) is 10.2. The van der Waals surface area contributed by atoms with E-state index in [0.717, 1.165) is 11.1 Å². The van der Waals surface area contributed by atoms with Crippen molar-refractivity contribution in [2.24, 2.45) is 0 Å². The highest BCUT2D eigenvalue weighted by Crippen LogP contribution is 2.19. The number of nitrogens with one attached hydrogen (secondary N) is 1. The summed E-state index contributed by atoms with van der Waals surface area (Å²) >= 11 is 0. The molecule has 0 unspecified atom stereocenters. The molecule has 6 nitrogen and oxygen atoms in total. The fourth-order valence-corrected chi connectivity index (χ4v) is 1.95. The van der Waals surface area contributed by atoms with Crippen LogP contribution in [0.15, 0.2) is 35.4 Å². The van der Waals surface area contributed by atoms with E-state index >= 15 is 0 Å². The van der Waals surface area contributed by atoms with Gasteiger partial charge >= 0.3 is 0 Å². The third kappa shape index (κ3) is 2.03. The average Bonchev–Trinajstić information content (AvgIpc) is 2.37. The lowest BCUT2D eigenvalue weighted by Gasteiger charge is -2.04. The molecule has 0 radical (unpaired) electrons. The lowest BCUT2D eigenvalue weighted by atomic mass is 10.1. The van der Waals surface area contributed by atoms with Gasteiger partial charge in [-0.1, -0.05) is 0 Å². The lowest BCUT2D eigenvalue weighted by Crippen LogP contribution is -2.05. The van der Waals surface area contributed by atoms with E-state index in [9.17, 15) is 4.79 Å². The molecule has 0 saturated carbocycles. The van der Waals surface area contributed by atoms with Crippen LogP contribution in [0.25, 0.3) is 22.2 Å². The van der Waals surface area contributed by atoms with E-state index < -0.39 is 0 Å². The Morgan fingerprint density at radius 3 is 2.84 bits per heavy atom. The second-order valence-electron chi connectivity index (χ2n) is 4.22. The summed E-state index contributed by atoms with van der Waals surface area (Å²) in [5.74, 6) is 0.211. The van der Waals surface area contributed by atoms with Gasteiger partial charge in [-0.05, 0) is 30.5 Å². The van der Waals surface area contributed by atoms with E-state index in [2.05, 4.69) is 19.9 Å². The maximum atomic E-state index is 11.6. The molecule has 3 rings (SSSR count). The molecular weight excluding hydrogens is 242 g/mol. The number of nitrogens with two attached hydrogens (primary N) is 1. The predicted octanol–water partition coefficient (Wildman–Crippen LogP) is 1.27. The van der Waals surface area contributed by atoms with E-state index in [1.165, 1.54) is 6.20 Å². The molecule has 0 fully saturated rings. The molecule has 0 amide bonds. The first-order valence-electron chi connectivity index (χ1n) is 5.72. The van der Waals surface area contributed by atoms with E-state index in [1.54, 1.807) is 12.3 Å². The minimum absolute atomic E-state index is 0.157. The normalized spacial score (nSPS) is 10.8. The molecule has 0 aliphatic heterocycles. The summed E-state index contributed by atoms with van der Waals surface area (Å²) in [5.41, 5.74) is 7.55. The molecule has 0 atom stereocenters. The van der Waals surface area contributed by atoms with Gasteiger partial charge in [0.05, 0.1) is 16.8 Å². The number of H-pyrrole nitrogens is 1. The third-order valence-corrected chi connectivity index (χ3v) is 2.79. The molecular formula is C13H11N5O. The number of aromatic nitrogens is 4. The second kappa shape index (κ2) is 4.16. The van der Waals surface area contributed by atoms with Crippen LogP contribution in [0, 0.1) is 6.92 Å². The fourth-order valence-electron chi connectivity index (χ4n) is 1.95. The molecule has 3 heterocycles. The van der Waals surface area contributed by atoms with Crippen LogP contribution in [0.5, 0.6) is 0 Å². The van der Waals surface area contributed by atoms with Gasteiger partial charge in [-0.15, -0.1) is 0 Å². The summed E-state index contributed by atoms with van der Waals surface area (Å²) in [6, 6.07) is 5.43. The second-order valence-corrected chi connectivity index (χ2v) is 4.22. The number of fused-ring (bicyclic) bond motifs is 1. The van der Waals surface area contributed by atoms with Crippen LogP contribution in [-0.4, -0.2) is 19.9 Å². The van der Waals surface area contributed by atoms with Crippen molar-refractivity contribution in [3.63, 3.8) is 0 Å². The number of hydrogen-bond acceptors (Lipinski definition) is 5. The Labute approximate surface area is 108 Å². The smallest absolute Gasteiger partial charge is 0.257 e. The molecule has 0 aromatic carbocycles. The van der Waals surface area contributed by atoms with Gasteiger partial charge in [0.2, 0.25) is 5.95 Å². The van der Waals surface area contributed by atoms with Crippen LogP contribution in [0.3, 0.4) is 0 Å². The number of aryl methyl sites for hydroxylation is 1. The molecule has 94 valence electrons. The zero-order chi connectivity index (χ0) is 13.4. The van der Waals surface area contributed by atoms with Gasteiger partial charge < -0.3 is 10.7 Å². The van der Waals surface area contributed by atoms with Crippen molar-refractivity contribution in [2.45, 2.75) is 6.92 Å². The van der Waals surface area contributed by atoms with Gasteiger partial charge in [0.25, 0.3) is 5.56 Å². The minimum atomic E-state index is -0.157. The van der Waals surface area contributed by atoms with E-state index in [-0.39, 0.29) is 11.5 Å². The predicted molar refractivity (Wildman–Crippen MR) is 72.5 cm³/mol. The molecule has 0 spiro atoms. The molecule has 0 aliphatic rings. The third-order valence-electron chi connectivity index (χ3n) is 2.79. The quantitative estimate of drug-likeness (QED) is 0.680. The SMILES string of the molecule is Cc1cc(-c2cc3cc[nH]c(=O)c3cn2)nc(N)n1. The molecule has 3 aromatic heterocycles. The molecule has 0 bridgehead atoms. The number of aromatic amines is 1. The summed E-state index contributed by atoms with van der Waals surface area (Å²) in [4.78, 5) is 26.6. The highest BCUT2D eigenvalue weighted by molar-refractivity contribution is 5.83. The molecule has 0 saturated heterocycles. The van der Waals surface area contributed by atoms with Crippen LogP contribution >= 0.6 is 0 Å². The maximum absolute atomic E-state index is 11.6. The molecule has 6 heteroatoms. The van der Waals surface area contributed by atoms with Gasteiger partial charge in [0.1, 0.15) is 0 Å². The van der Waals surface area contributed by atoms with Gasteiger partial charge in [-0.2, -0.15) is 0 Å². The summed E-state index contributed by atoms with van der Waals surface area (Å²) in [5, 5.41) is 1.36. The zero-order valence-electron chi connectivity index (χ0n) is 10.2. The largest absolute Gasteiger partial charge is 0.368 e. The number of nitrogens with zero attached hydrogens (tertiary/aromatic N) is 3.